The van der Waals surface area contributed by atoms with E-state index in [1.165, 1.54) is 11.3 Å². The zero-order valence-corrected chi connectivity index (χ0v) is 28.2. The predicted molar refractivity (Wildman–Crippen MR) is 183 cm³/mol. The van der Waals surface area contributed by atoms with Gasteiger partial charge in [-0.3, -0.25) is 14.4 Å². The van der Waals surface area contributed by atoms with E-state index in [9.17, 15) is 14.4 Å². The molecule has 7 N–H and O–H groups in total. The Balaban J connectivity index is 1.37. The van der Waals surface area contributed by atoms with E-state index in [0.29, 0.717) is 28.3 Å². The van der Waals surface area contributed by atoms with Gasteiger partial charge in [0, 0.05) is 18.7 Å². The van der Waals surface area contributed by atoms with E-state index in [1.54, 1.807) is 24.3 Å². The monoisotopic (exact) mass is 707 g/mol. The van der Waals surface area contributed by atoms with Crippen molar-refractivity contribution in [2.24, 2.45) is 11.5 Å². The number of rotatable bonds is 16. The van der Waals surface area contributed by atoms with Crippen LogP contribution in [0.2, 0.25) is 0 Å². The molecule has 3 rings (SSSR count). The third-order valence-corrected chi connectivity index (χ3v) is 7.69. The molecule has 2 heterocycles. The summed E-state index contributed by atoms with van der Waals surface area (Å²) in [5.41, 5.74) is 15.4. The molecule has 0 bridgehead atoms. The van der Waals surface area contributed by atoms with Crippen molar-refractivity contribution in [3.63, 3.8) is 0 Å². The lowest BCUT2D eigenvalue weighted by atomic mass is 10.1. The molecular weight excluding hydrogens is 670 g/mol. The van der Waals surface area contributed by atoms with Crippen LogP contribution in [-0.2, 0) is 29.0 Å². The van der Waals surface area contributed by atoms with Crippen molar-refractivity contribution in [2.75, 3.05) is 5.32 Å². The Labute approximate surface area is 280 Å². The molecule has 0 saturated heterocycles. The Morgan fingerprint density at radius 3 is 2.50 bits per heavy atom. The standard InChI is InChI=1S/C32H38BrN9O3S/c1-3-8-21(4-2)18-28(43)37-27(35)16-13-24(34)11-5-6-12-30-41-42-32(46-30)38-29(44)19-22-9-7-10-23(17-22)20-36-31(45)25-14-15-26(33)40-39-25/h3-4,7-10,13-17H,5-6,11-12,18-20,34-35H2,1-2H3,(H,36,45)(H,37,43)(H,38,42,44)/b8-3-,21-4+,24-13-,27-16+. The van der Waals surface area contributed by atoms with Gasteiger partial charge in [-0.25, -0.2) is 0 Å². The highest BCUT2D eigenvalue weighted by molar-refractivity contribution is 9.10. The van der Waals surface area contributed by atoms with Crippen molar-refractivity contribution in [1.29, 1.82) is 0 Å². The van der Waals surface area contributed by atoms with Gasteiger partial charge in [0.1, 0.15) is 15.4 Å². The molecule has 3 aromatic rings. The quantitative estimate of drug-likeness (QED) is 0.105. The fourth-order valence-corrected chi connectivity index (χ4v) is 5.11. The van der Waals surface area contributed by atoms with Gasteiger partial charge in [0.2, 0.25) is 16.9 Å². The van der Waals surface area contributed by atoms with Gasteiger partial charge in [0.05, 0.1) is 12.8 Å². The molecule has 0 fully saturated rings. The van der Waals surface area contributed by atoms with E-state index in [4.69, 9.17) is 11.5 Å². The average molecular weight is 709 g/mol. The van der Waals surface area contributed by atoms with Crippen molar-refractivity contribution in [3.05, 3.63) is 110 Å². The van der Waals surface area contributed by atoms with Crippen LogP contribution in [0.4, 0.5) is 5.13 Å². The first-order valence-electron chi connectivity index (χ1n) is 14.6. The van der Waals surface area contributed by atoms with E-state index < -0.39 is 0 Å². The van der Waals surface area contributed by atoms with Crippen LogP contribution < -0.4 is 27.4 Å². The minimum Gasteiger partial charge on any atom is -0.402 e. The Hall–Kier alpha value is -4.69. The molecular formula is C32H38BrN9O3S. The smallest absolute Gasteiger partial charge is 0.272 e. The maximum absolute atomic E-state index is 12.6. The summed E-state index contributed by atoms with van der Waals surface area (Å²) in [5, 5.41) is 25.5. The summed E-state index contributed by atoms with van der Waals surface area (Å²) in [4.78, 5) is 37.1. The Morgan fingerprint density at radius 2 is 1.76 bits per heavy atom. The molecule has 46 heavy (non-hydrogen) atoms. The highest BCUT2D eigenvalue weighted by Gasteiger charge is 2.11. The van der Waals surface area contributed by atoms with E-state index in [0.717, 1.165) is 34.5 Å². The molecule has 0 atom stereocenters. The highest BCUT2D eigenvalue weighted by atomic mass is 79.9. The van der Waals surface area contributed by atoms with E-state index >= 15 is 0 Å². The van der Waals surface area contributed by atoms with Crippen LogP contribution in [0.15, 0.2) is 88.5 Å². The molecule has 0 aliphatic rings. The highest BCUT2D eigenvalue weighted by Crippen LogP contribution is 2.18. The fraction of sp³-hybridized carbons (Fsp3) is 0.281. The minimum atomic E-state index is -0.338. The SMILES string of the molecule is C/C=C\C(=C/C)CC(=O)N/C(N)=C/C=C(\N)CCCCc1nnc(NC(=O)Cc2cccc(CNC(=O)c3ccc(Br)nn3)c2)s1. The normalized spacial score (nSPS) is 12.3. The first-order valence-corrected chi connectivity index (χ1v) is 16.2. The van der Waals surface area contributed by atoms with Crippen molar-refractivity contribution in [1.82, 2.24) is 31.0 Å². The molecule has 1 aromatic carbocycles. The number of amides is 3. The topological polar surface area (TPSA) is 191 Å². The number of hydrogen-bond acceptors (Lipinski definition) is 10. The predicted octanol–water partition coefficient (Wildman–Crippen LogP) is 4.59. The van der Waals surface area contributed by atoms with Crippen LogP contribution in [0.5, 0.6) is 0 Å². The summed E-state index contributed by atoms with van der Waals surface area (Å²) in [5.74, 6) is -0.512. The molecule has 0 aliphatic heterocycles. The summed E-state index contributed by atoms with van der Waals surface area (Å²) in [6, 6.07) is 10.7. The molecule has 0 aliphatic carbocycles. The lowest BCUT2D eigenvalue weighted by molar-refractivity contribution is -0.119. The van der Waals surface area contributed by atoms with Gasteiger partial charge in [0.15, 0.2) is 5.69 Å². The first kappa shape index (κ1) is 35.8. The van der Waals surface area contributed by atoms with Crippen LogP contribution in [0, 0.1) is 0 Å². The fourth-order valence-electron chi connectivity index (χ4n) is 4.10. The second-order valence-corrected chi connectivity index (χ2v) is 12.0. The van der Waals surface area contributed by atoms with Crippen LogP contribution in [0.3, 0.4) is 0 Å². The molecule has 14 heteroatoms. The zero-order chi connectivity index (χ0) is 33.3. The third kappa shape index (κ3) is 13.1. The van der Waals surface area contributed by atoms with Crippen molar-refractivity contribution in [3.8, 4) is 0 Å². The molecule has 0 saturated carbocycles. The minimum absolute atomic E-state index is 0.149. The van der Waals surface area contributed by atoms with Crippen LogP contribution in [0.25, 0.3) is 0 Å². The number of aryl methyl sites for hydroxylation is 1. The van der Waals surface area contributed by atoms with Gasteiger partial charge < -0.3 is 27.4 Å². The number of hydrogen-bond donors (Lipinski definition) is 5. The summed E-state index contributed by atoms with van der Waals surface area (Å²) in [6.45, 7) is 4.06. The Kier molecular flexibility index (Phi) is 14.8. The van der Waals surface area contributed by atoms with Crippen molar-refractivity contribution < 1.29 is 14.4 Å². The Bertz CT molecular complexity index is 1610. The van der Waals surface area contributed by atoms with Gasteiger partial charge in [-0.15, -0.1) is 20.4 Å². The van der Waals surface area contributed by atoms with Gasteiger partial charge in [-0.2, -0.15) is 0 Å². The number of benzene rings is 1. The molecule has 2 aromatic heterocycles. The van der Waals surface area contributed by atoms with Gasteiger partial charge in [-0.1, -0.05) is 53.8 Å². The number of aromatic nitrogens is 4. The van der Waals surface area contributed by atoms with Gasteiger partial charge >= 0.3 is 0 Å². The maximum Gasteiger partial charge on any atom is 0.272 e. The second-order valence-electron chi connectivity index (χ2n) is 10.1. The molecule has 0 spiro atoms. The summed E-state index contributed by atoms with van der Waals surface area (Å²) in [7, 11) is 0. The van der Waals surface area contributed by atoms with Crippen LogP contribution in [-0.4, -0.2) is 38.1 Å². The summed E-state index contributed by atoms with van der Waals surface area (Å²) in [6.07, 6.45) is 12.3. The van der Waals surface area contributed by atoms with Crippen molar-refractivity contribution in [2.45, 2.75) is 58.9 Å². The molecule has 242 valence electrons. The third-order valence-electron chi connectivity index (χ3n) is 6.37. The van der Waals surface area contributed by atoms with Crippen molar-refractivity contribution >= 4 is 50.1 Å². The number of nitrogens with one attached hydrogen (secondary N) is 3. The molecule has 12 nitrogen and oxygen atoms in total. The molecule has 3 amide bonds. The number of unbranched alkanes of at least 4 members (excludes halogenated alkanes) is 1. The number of carbonyl (C=O) groups is 3. The molecule has 0 unspecified atom stereocenters. The largest absolute Gasteiger partial charge is 0.402 e. The number of nitrogens with two attached hydrogens (primary N) is 2. The number of nitrogens with zero attached hydrogens (tertiary/aromatic N) is 4. The number of carbonyl (C=O) groups excluding carboxylic acids is 3. The maximum atomic E-state index is 12.6. The number of allylic oxidation sites excluding steroid dienone is 6. The van der Waals surface area contributed by atoms with Crippen LogP contribution in [0.1, 0.15) is 66.2 Å². The number of anilines is 1. The van der Waals surface area contributed by atoms with Crippen LogP contribution >= 0.6 is 27.3 Å². The van der Waals surface area contributed by atoms with E-state index in [1.807, 2.05) is 56.3 Å². The van der Waals surface area contributed by atoms with Gasteiger partial charge in [0.25, 0.3) is 5.91 Å². The lowest BCUT2D eigenvalue weighted by Gasteiger charge is -2.07. The summed E-state index contributed by atoms with van der Waals surface area (Å²) < 4.78 is 0.547. The number of halogens is 1. The Morgan fingerprint density at radius 1 is 0.957 bits per heavy atom. The second kappa shape index (κ2) is 19.0. The zero-order valence-electron chi connectivity index (χ0n) is 25.8. The van der Waals surface area contributed by atoms with Gasteiger partial charge in [-0.05, 0) is 90.0 Å². The lowest BCUT2D eigenvalue weighted by Crippen LogP contribution is -2.27. The first-order chi connectivity index (χ1) is 22.1. The van der Waals surface area contributed by atoms with E-state index in [2.05, 4.69) is 52.3 Å². The average Bonchev–Trinajstić information content (AvgIpc) is 3.47. The molecule has 0 radical (unpaired) electrons. The van der Waals surface area contributed by atoms with E-state index in [-0.39, 0.29) is 48.6 Å². The summed E-state index contributed by atoms with van der Waals surface area (Å²) >= 11 is 4.53.